The molecular weight excluding hydrogens is 194 g/mol. The van der Waals surface area contributed by atoms with Crippen LogP contribution in [0.3, 0.4) is 0 Å². The fourth-order valence-electron chi connectivity index (χ4n) is 3.44. The molecule has 0 radical (unpaired) electrons. The minimum absolute atomic E-state index is 0.952. The van der Waals surface area contributed by atoms with Crippen molar-refractivity contribution in [1.82, 2.24) is 4.90 Å². The highest BCUT2D eigenvalue weighted by Crippen LogP contribution is 2.23. The molecule has 94 valence electrons. The van der Waals surface area contributed by atoms with E-state index in [1.807, 2.05) is 0 Å². The number of piperidine rings is 1. The Labute approximate surface area is 102 Å². The summed E-state index contributed by atoms with van der Waals surface area (Å²) in [7, 11) is 0. The molecule has 0 aliphatic carbocycles. The molecule has 2 rings (SSSR count). The second kappa shape index (κ2) is 7.32. The molecule has 2 heterocycles. The minimum Gasteiger partial charge on any atom is -0.300 e. The van der Waals surface area contributed by atoms with E-state index in [1.165, 1.54) is 90.1 Å². The first kappa shape index (κ1) is 12.4. The maximum atomic E-state index is 2.81. The zero-order valence-electron chi connectivity index (χ0n) is 10.9. The largest absolute Gasteiger partial charge is 0.300 e. The lowest BCUT2D eigenvalue weighted by atomic mass is 9.95. The molecule has 0 spiro atoms. The van der Waals surface area contributed by atoms with Gasteiger partial charge in [-0.2, -0.15) is 0 Å². The standard InChI is InChI=1S/C15H29N/c1-2-4-6-9-13-16-14-10-8-12-15(16)11-7-5-3-1/h15H,1-14H2/t15-/m0/s1. The molecule has 16 heavy (non-hydrogen) atoms. The van der Waals surface area contributed by atoms with Crippen molar-refractivity contribution < 1.29 is 0 Å². The van der Waals surface area contributed by atoms with Crippen molar-refractivity contribution in [2.24, 2.45) is 0 Å². The normalized spacial score (nSPS) is 31.1. The Hall–Kier alpha value is -0.0400. The molecule has 0 aromatic rings. The van der Waals surface area contributed by atoms with Gasteiger partial charge < -0.3 is 4.90 Å². The molecule has 2 aliphatic heterocycles. The molecule has 0 N–H and O–H groups in total. The number of nitrogens with zero attached hydrogens (tertiary/aromatic N) is 1. The summed E-state index contributed by atoms with van der Waals surface area (Å²) < 4.78 is 0. The van der Waals surface area contributed by atoms with Crippen LogP contribution in [0.4, 0.5) is 0 Å². The average molecular weight is 223 g/mol. The van der Waals surface area contributed by atoms with Gasteiger partial charge >= 0.3 is 0 Å². The lowest BCUT2D eigenvalue weighted by Crippen LogP contribution is -2.40. The van der Waals surface area contributed by atoms with E-state index >= 15 is 0 Å². The van der Waals surface area contributed by atoms with Gasteiger partial charge in [-0.25, -0.2) is 0 Å². The smallest absolute Gasteiger partial charge is 0.00952 e. The van der Waals surface area contributed by atoms with Crippen LogP contribution in [0.15, 0.2) is 0 Å². The fourth-order valence-corrected chi connectivity index (χ4v) is 3.44. The number of hydrogen-bond donors (Lipinski definition) is 0. The Morgan fingerprint density at radius 3 is 1.62 bits per heavy atom. The Bertz CT molecular complexity index is 158. The van der Waals surface area contributed by atoms with Gasteiger partial charge in [-0.3, -0.25) is 0 Å². The maximum absolute atomic E-state index is 2.81. The molecule has 1 atom stereocenters. The van der Waals surface area contributed by atoms with E-state index in [4.69, 9.17) is 0 Å². The van der Waals surface area contributed by atoms with Crippen LogP contribution < -0.4 is 0 Å². The summed E-state index contributed by atoms with van der Waals surface area (Å²) in [5.41, 5.74) is 0. The van der Waals surface area contributed by atoms with E-state index in [1.54, 1.807) is 0 Å². The molecule has 0 bridgehead atoms. The van der Waals surface area contributed by atoms with Crippen molar-refractivity contribution >= 4 is 0 Å². The van der Waals surface area contributed by atoms with E-state index in [2.05, 4.69) is 4.90 Å². The molecule has 0 amide bonds. The lowest BCUT2D eigenvalue weighted by Gasteiger charge is -2.36. The zero-order valence-corrected chi connectivity index (χ0v) is 10.9. The van der Waals surface area contributed by atoms with Crippen LogP contribution in [0.1, 0.15) is 77.0 Å². The van der Waals surface area contributed by atoms with E-state index in [0.717, 1.165) is 6.04 Å². The second-order valence-electron chi connectivity index (χ2n) is 5.80. The molecule has 0 unspecified atom stereocenters. The van der Waals surface area contributed by atoms with Crippen LogP contribution >= 0.6 is 0 Å². The topological polar surface area (TPSA) is 3.24 Å². The number of hydrogen-bond acceptors (Lipinski definition) is 1. The van der Waals surface area contributed by atoms with Gasteiger partial charge in [0.15, 0.2) is 0 Å². The van der Waals surface area contributed by atoms with E-state index in [-0.39, 0.29) is 0 Å². The van der Waals surface area contributed by atoms with Gasteiger partial charge in [0, 0.05) is 6.04 Å². The van der Waals surface area contributed by atoms with Gasteiger partial charge in [0.05, 0.1) is 0 Å². The van der Waals surface area contributed by atoms with E-state index in [9.17, 15) is 0 Å². The third kappa shape index (κ3) is 4.08. The summed E-state index contributed by atoms with van der Waals surface area (Å²) in [5.74, 6) is 0. The third-order valence-electron chi connectivity index (χ3n) is 4.48. The molecule has 0 aromatic heterocycles. The monoisotopic (exact) mass is 223 g/mol. The first-order valence-corrected chi connectivity index (χ1v) is 7.71. The molecule has 2 fully saturated rings. The molecular formula is C15H29N. The minimum atomic E-state index is 0.952. The van der Waals surface area contributed by atoms with Crippen LogP contribution in [0, 0.1) is 0 Å². The van der Waals surface area contributed by atoms with Crippen LogP contribution in [-0.4, -0.2) is 24.0 Å². The van der Waals surface area contributed by atoms with Crippen LogP contribution in [-0.2, 0) is 0 Å². The quantitative estimate of drug-likeness (QED) is 0.589. The molecule has 2 saturated heterocycles. The maximum Gasteiger partial charge on any atom is 0.00952 e. The first-order valence-electron chi connectivity index (χ1n) is 7.71. The van der Waals surface area contributed by atoms with Crippen LogP contribution in [0.25, 0.3) is 0 Å². The summed E-state index contributed by atoms with van der Waals surface area (Å²) in [6.07, 6.45) is 17.8. The van der Waals surface area contributed by atoms with Crippen LogP contribution in [0.2, 0.25) is 0 Å². The summed E-state index contributed by atoms with van der Waals surface area (Å²) in [6, 6.07) is 0.952. The second-order valence-corrected chi connectivity index (χ2v) is 5.80. The predicted octanol–water partition coefficient (Wildman–Crippen LogP) is 4.37. The van der Waals surface area contributed by atoms with Crippen molar-refractivity contribution in [2.45, 2.75) is 83.1 Å². The van der Waals surface area contributed by atoms with Crippen molar-refractivity contribution in [3.63, 3.8) is 0 Å². The Morgan fingerprint density at radius 1 is 0.500 bits per heavy atom. The Kier molecular flexibility index (Phi) is 5.68. The lowest BCUT2D eigenvalue weighted by molar-refractivity contribution is 0.134. The summed E-state index contributed by atoms with van der Waals surface area (Å²) in [4.78, 5) is 2.81. The number of fused-ring (bicyclic) bond motifs is 1. The number of rotatable bonds is 0. The molecule has 0 aromatic carbocycles. The van der Waals surface area contributed by atoms with Gasteiger partial charge in [0.1, 0.15) is 0 Å². The first-order chi connectivity index (χ1) is 7.97. The highest BCUT2D eigenvalue weighted by atomic mass is 15.2. The Balaban J connectivity index is 1.79. The zero-order chi connectivity index (χ0) is 11.1. The molecule has 0 saturated carbocycles. The summed E-state index contributed by atoms with van der Waals surface area (Å²) in [5, 5.41) is 0. The molecule has 1 nitrogen and oxygen atoms in total. The fraction of sp³-hybridized carbons (Fsp3) is 1.00. The van der Waals surface area contributed by atoms with Crippen molar-refractivity contribution in [2.75, 3.05) is 13.1 Å². The highest BCUT2D eigenvalue weighted by Gasteiger charge is 2.21. The van der Waals surface area contributed by atoms with Crippen molar-refractivity contribution in [3.8, 4) is 0 Å². The van der Waals surface area contributed by atoms with Gasteiger partial charge in [-0.05, 0) is 38.8 Å². The predicted molar refractivity (Wildman–Crippen MR) is 70.8 cm³/mol. The molecule has 1 heteroatoms. The molecule has 2 aliphatic rings. The van der Waals surface area contributed by atoms with E-state index < -0.39 is 0 Å². The average Bonchev–Trinajstić information content (AvgIpc) is 2.30. The van der Waals surface area contributed by atoms with Gasteiger partial charge in [0.2, 0.25) is 0 Å². The summed E-state index contributed by atoms with van der Waals surface area (Å²) in [6.45, 7) is 2.79. The van der Waals surface area contributed by atoms with Gasteiger partial charge in [-0.15, -0.1) is 0 Å². The van der Waals surface area contributed by atoms with Gasteiger partial charge in [-0.1, -0.05) is 51.4 Å². The van der Waals surface area contributed by atoms with Gasteiger partial charge in [0.25, 0.3) is 0 Å². The Morgan fingerprint density at radius 2 is 0.938 bits per heavy atom. The van der Waals surface area contributed by atoms with Crippen molar-refractivity contribution in [3.05, 3.63) is 0 Å². The van der Waals surface area contributed by atoms with Crippen molar-refractivity contribution in [1.29, 1.82) is 0 Å². The van der Waals surface area contributed by atoms with E-state index in [0.29, 0.717) is 0 Å². The third-order valence-corrected chi connectivity index (χ3v) is 4.48. The van der Waals surface area contributed by atoms with Crippen LogP contribution in [0.5, 0.6) is 0 Å². The SMILES string of the molecule is C1CCCCCN2CCCC[C@@H]2CCCC1. The summed E-state index contributed by atoms with van der Waals surface area (Å²) >= 11 is 0. The highest BCUT2D eigenvalue weighted by molar-refractivity contribution is 4.77.